The number of ketones is 1. The highest BCUT2D eigenvalue weighted by molar-refractivity contribution is 7.98. The third-order valence-electron chi connectivity index (χ3n) is 7.80. The fourth-order valence-electron chi connectivity index (χ4n) is 5.69. The molecule has 0 aromatic heterocycles. The zero-order chi connectivity index (χ0) is 29.5. The SMILES string of the molecule is Cc1ccc(SCc2cc(C3C(C#N)=C(N)N(c4cccc(C(F)(F)F)c4)C4=C3C(=O)CCC4)c(C)cc2C)cc1. The van der Waals surface area contributed by atoms with E-state index in [2.05, 4.69) is 42.5 Å². The molecule has 0 saturated carbocycles. The lowest BCUT2D eigenvalue weighted by atomic mass is 9.74. The van der Waals surface area contributed by atoms with Crippen molar-refractivity contribution in [2.24, 2.45) is 5.73 Å². The molecule has 1 heterocycles. The highest BCUT2D eigenvalue weighted by atomic mass is 32.2. The molecule has 0 amide bonds. The summed E-state index contributed by atoms with van der Waals surface area (Å²) in [5.74, 6) is -0.0370. The van der Waals surface area contributed by atoms with E-state index in [-0.39, 0.29) is 22.9 Å². The smallest absolute Gasteiger partial charge is 0.384 e. The van der Waals surface area contributed by atoms with Crippen LogP contribution in [0.25, 0.3) is 0 Å². The van der Waals surface area contributed by atoms with E-state index in [4.69, 9.17) is 5.73 Å². The van der Waals surface area contributed by atoms with Gasteiger partial charge in [-0.25, -0.2) is 0 Å². The first-order valence-electron chi connectivity index (χ1n) is 13.4. The molecule has 0 bridgehead atoms. The fraction of sp³-hybridized carbons (Fsp3) is 0.273. The molecular formula is C33H30F3N3OS. The maximum atomic E-state index is 13.6. The zero-order valence-corrected chi connectivity index (χ0v) is 23.9. The number of aryl methyl sites for hydroxylation is 3. The summed E-state index contributed by atoms with van der Waals surface area (Å²) in [6, 6.07) is 19.5. The molecule has 210 valence electrons. The van der Waals surface area contributed by atoms with E-state index in [1.54, 1.807) is 11.8 Å². The summed E-state index contributed by atoms with van der Waals surface area (Å²) in [7, 11) is 0. The van der Waals surface area contributed by atoms with Crippen molar-refractivity contribution in [3.8, 4) is 6.07 Å². The number of anilines is 1. The van der Waals surface area contributed by atoms with Gasteiger partial charge in [-0.05, 0) is 86.2 Å². The average Bonchev–Trinajstić information content (AvgIpc) is 2.93. The van der Waals surface area contributed by atoms with Gasteiger partial charge in [0.2, 0.25) is 0 Å². The second-order valence-corrected chi connectivity index (χ2v) is 11.7. The topological polar surface area (TPSA) is 70.1 Å². The van der Waals surface area contributed by atoms with Crippen LogP contribution in [0.3, 0.4) is 0 Å². The first-order valence-corrected chi connectivity index (χ1v) is 14.4. The summed E-state index contributed by atoms with van der Waals surface area (Å²) < 4.78 is 40.7. The van der Waals surface area contributed by atoms with E-state index in [0.717, 1.165) is 39.3 Å². The van der Waals surface area contributed by atoms with Crippen LogP contribution in [0.15, 0.2) is 88.2 Å². The summed E-state index contributed by atoms with van der Waals surface area (Å²) in [4.78, 5) is 16.2. The molecule has 0 fully saturated rings. The van der Waals surface area contributed by atoms with Crippen molar-refractivity contribution in [3.05, 3.63) is 117 Å². The molecular weight excluding hydrogens is 543 g/mol. The van der Waals surface area contributed by atoms with Gasteiger partial charge in [-0.3, -0.25) is 9.69 Å². The van der Waals surface area contributed by atoms with E-state index in [9.17, 15) is 23.2 Å². The number of carbonyl (C=O) groups is 1. The largest absolute Gasteiger partial charge is 0.416 e. The molecule has 5 rings (SSSR count). The van der Waals surface area contributed by atoms with Crippen LogP contribution in [0.2, 0.25) is 0 Å². The quantitative estimate of drug-likeness (QED) is 0.312. The maximum absolute atomic E-state index is 13.6. The number of carbonyl (C=O) groups excluding carboxylic acids is 1. The lowest BCUT2D eigenvalue weighted by molar-refractivity contribution is -0.137. The van der Waals surface area contributed by atoms with Gasteiger partial charge >= 0.3 is 6.18 Å². The van der Waals surface area contributed by atoms with Crippen molar-refractivity contribution < 1.29 is 18.0 Å². The van der Waals surface area contributed by atoms with Gasteiger partial charge in [-0.1, -0.05) is 35.9 Å². The molecule has 0 radical (unpaired) electrons. The van der Waals surface area contributed by atoms with E-state index < -0.39 is 17.7 Å². The number of allylic oxidation sites excluding steroid dienone is 3. The Morgan fingerprint density at radius 1 is 1.02 bits per heavy atom. The van der Waals surface area contributed by atoms with Crippen molar-refractivity contribution in [2.45, 2.75) is 62.8 Å². The number of nitrogens with two attached hydrogens (primary N) is 1. The predicted molar refractivity (Wildman–Crippen MR) is 156 cm³/mol. The van der Waals surface area contributed by atoms with Crippen LogP contribution >= 0.6 is 11.8 Å². The molecule has 8 heteroatoms. The van der Waals surface area contributed by atoms with Gasteiger partial charge in [-0.15, -0.1) is 11.8 Å². The molecule has 41 heavy (non-hydrogen) atoms. The molecule has 1 aliphatic carbocycles. The van der Waals surface area contributed by atoms with Crippen molar-refractivity contribution in [1.29, 1.82) is 5.26 Å². The number of nitriles is 1. The van der Waals surface area contributed by atoms with Crippen LogP contribution in [-0.4, -0.2) is 5.78 Å². The van der Waals surface area contributed by atoms with E-state index in [0.29, 0.717) is 36.3 Å². The van der Waals surface area contributed by atoms with Crippen LogP contribution in [0.5, 0.6) is 0 Å². The van der Waals surface area contributed by atoms with Crippen LogP contribution < -0.4 is 10.6 Å². The number of rotatable bonds is 5. The second-order valence-electron chi connectivity index (χ2n) is 10.6. The number of benzene rings is 3. The normalized spacial score (nSPS) is 17.5. The summed E-state index contributed by atoms with van der Waals surface area (Å²) in [5.41, 5.74) is 12.3. The molecule has 2 aliphatic rings. The maximum Gasteiger partial charge on any atom is 0.416 e. The van der Waals surface area contributed by atoms with Gasteiger partial charge in [0.1, 0.15) is 5.82 Å². The van der Waals surface area contributed by atoms with E-state index in [1.807, 2.05) is 20.8 Å². The standard InChI is InChI=1S/C33H30F3N3OS/c1-19-10-12-25(13-11-19)41-18-22-15-26(21(3)14-20(22)2)30-27(17-37)32(38)39(28-8-5-9-29(40)31(28)30)24-7-4-6-23(16-24)33(34,35)36/h4,6-7,10-16,30H,5,8-9,18,38H2,1-3H3. The Labute approximate surface area is 242 Å². The third kappa shape index (κ3) is 5.51. The number of thioether (sulfide) groups is 1. The number of Topliss-reactive ketones (excluding diaryl/α,β-unsaturated/α-hetero) is 1. The number of hydrogen-bond acceptors (Lipinski definition) is 5. The van der Waals surface area contributed by atoms with Gasteiger partial charge in [0.25, 0.3) is 0 Å². The lowest BCUT2D eigenvalue weighted by Gasteiger charge is -2.40. The van der Waals surface area contributed by atoms with Crippen molar-refractivity contribution in [2.75, 3.05) is 4.90 Å². The Balaban J connectivity index is 1.63. The Morgan fingerprint density at radius 3 is 2.44 bits per heavy atom. The minimum Gasteiger partial charge on any atom is -0.384 e. The van der Waals surface area contributed by atoms with Crippen LogP contribution in [-0.2, 0) is 16.7 Å². The Morgan fingerprint density at radius 2 is 1.76 bits per heavy atom. The van der Waals surface area contributed by atoms with Gasteiger partial charge in [-0.2, -0.15) is 18.4 Å². The number of halogens is 3. The Hall–Kier alpha value is -3.96. The van der Waals surface area contributed by atoms with Crippen molar-refractivity contribution in [1.82, 2.24) is 0 Å². The summed E-state index contributed by atoms with van der Waals surface area (Å²) in [5, 5.41) is 10.4. The highest BCUT2D eigenvalue weighted by Crippen LogP contribution is 2.48. The molecule has 0 spiro atoms. The predicted octanol–water partition coefficient (Wildman–Crippen LogP) is 8.23. The number of hydrogen-bond donors (Lipinski definition) is 1. The molecule has 3 aromatic carbocycles. The van der Waals surface area contributed by atoms with Gasteiger partial charge in [0.15, 0.2) is 5.78 Å². The van der Waals surface area contributed by atoms with Crippen LogP contribution in [0, 0.1) is 32.1 Å². The number of alkyl halides is 3. The van der Waals surface area contributed by atoms with E-state index >= 15 is 0 Å². The minimum absolute atomic E-state index is 0.0563. The van der Waals surface area contributed by atoms with E-state index in [1.165, 1.54) is 22.6 Å². The summed E-state index contributed by atoms with van der Waals surface area (Å²) >= 11 is 1.71. The third-order valence-corrected chi connectivity index (χ3v) is 8.86. The molecule has 4 nitrogen and oxygen atoms in total. The van der Waals surface area contributed by atoms with Crippen LogP contribution in [0.1, 0.15) is 58.6 Å². The second kappa shape index (κ2) is 11.1. The van der Waals surface area contributed by atoms with Crippen LogP contribution in [0.4, 0.5) is 18.9 Å². The fourth-order valence-corrected chi connectivity index (χ4v) is 6.65. The summed E-state index contributed by atoms with van der Waals surface area (Å²) in [6.45, 7) is 6.05. The zero-order valence-electron chi connectivity index (χ0n) is 23.1. The van der Waals surface area contributed by atoms with Crippen molar-refractivity contribution >= 4 is 23.2 Å². The van der Waals surface area contributed by atoms with Gasteiger partial charge < -0.3 is 5.73 Å². The molecule has 1 unspecified atom stereocenters. The number of nitrogens with zero attached hydrogens (tertiary/aromatic N) is 2. The van der Waals surface area contributed by atoms with Crippen molar-refractivity contribution in [3.63, 3.8) is 0 Å². The van der Waals surface area contributed by atoms with Gasteiger partial charge in [0, 0.05) is 34.0 Å². The first-order chi connectivity index (χ1) is 19.5. The van der Waals surface area contributed by atoms with Gasteiger partial charge in [0.05, 0.1) is 23.1 Å². The molecule has 0 saturated heterocycles. The lowest BCUT2D eigenvalue weighted by Crippen LogP contribution is -2.39. The Kier molecular flexibility index (Phi) is 7.76. The molecule has 2 N–H and O–H groups in total. The molecule has 1 aliphatic heterocycles. The first kappa shape index (κ1) is 28.6. The summed E-state index contributed by atoms with van der Waals surface area (Å²) in [6.07, 6.45) is -3.21. The average molecular weight is 574 g/mol. The molecule has 3 aromatic rings. The highest BCUT2D eigenvalue weighted by Gasteiger charge is 2.41. The monoisotopic (exact) mass is 573 g/mol. The molecule has 1 atom stereocenters. The minimum atomic E-state index is -4.55. The Bertz CT molecular complexity index is 1630.